The highest BCUT2D eigenvalue weighted by Crippen LogP contribution is 2.01. The lowest BCUT2D eigenvalue weighted by Crippen LogP contribution is -2.40. The van der Waals surface area contributed by atoms with E-state index in [2.05, 4.69) is 10.6 Å². The lowest BCUT2D eigenvalue weighted by atomic mass is 10.1. The van der Waals surface area contributed by atoms with Crippen molar-refractivity contribution in [2.24, 2.45) is 0 Å². The number of aryl methyl sites for hydroxylation is 1. The first-order valence-electron chi connectivity index (χ1n) is 5.71. The van der Waals surface area contributed by atoms with Crippen LogP contribution in [0.4, 0.5) is 0 Å². The Morgan fingerprint density at radius 1 is 1.11 bits per heavy atom. The first-order valence-corrected chi connectivity index (χ1v) is 5.71. The molecule has 1 aromatic carbocycles. The molecule has 0 aliphatic rings. The van der Waals surface area contributed by atoms with Crippen molar-refractivity contribution in [3.05, 3.63) is 35.9 Å². The van der Waals surface area contributed by atoms with Crippen LogP contribution in [0.1, 0.15) is 12.0 Å². The summed E-state index contributed by atoms with van der Waals surface area (Å²) in [6, 6.07) is 11.6. The van der Waals surface area contributed by atoms with Crippen molar-refractivity contribution in [2.75, 3.05) is 13.1 Å². The van der Waals surface area contributed by atoms with Crippen LogP contribution in [0.15, 0.2) is 30.3 Å². The van der Waals surface area contributed by atoms with Crippen LogP contribution < -0.4 is 10.6 Å². The average Bonchev–Trinajstić information content (AvgIpc) is 2.41. The molecule has 0 aliphatic heterocycles. The summed E-state index contributed by atoms with van der Waals surface area (Å²) in [6.45, 7) is 0.282. The molecule has 0 saturated carbocycles. The molecule has 5 nitrogen and oxygen atoms in total. The predicted molar refractivity (Wildman–Crippen MR) is 66.4 cm³/mol. The fourth-order valence-electron chi connectivity index (χ4n) is 1.42. The number of carbonyl (C=O) groups is 2. The summed E-state index contributed by atoms with van der Waals surface area (Å²) in [5.41, 5.74) is 1.20. The molecule has 0 spiro atoms. The van der Waals surface area contributed by atoms with E-state index < -0.39 is 11.8 Å². The number of nitrogens with one attached hydrogen (secondary N) is 2. The van der Waals surface area contributed by atoms with Crippen molar-refractivity contribution >= 4 is 11.8 Å². The lowest BCUT2D eigenvalue weighted by Gasteiger charge is -2.04. The number of carbonyl (C=O) groups excluding carboxylic acids is 2. The van der Waals surface area contributed by atoms with Gasteiger partial charge in [0.15, 0.2) is 0 Å². The van der Waals surface area contributed by atoms with Crippen molar-refractivity contribution in [3.63, 3.8) is 0 Å². The van der Waals surface area contributed by atoms with Crippen LogP contribution in [-0.4, -0.2) is 24.9 Å². The Morgan fingerprint density at radius 3 is 2.44 bits per heavy atom. The molecule has 2 amide bonds. The van der Waals surface area contributed by atoms with E-state index >= 15 is 0 Å². The normalized spacial score (nSPS) is 9.28. The third-order valence-electron chi connectivity index (χ3n) is 2.30. The van der Waals surface area contributed by atoms with E-state index in [4.69, 9.17) is 5.26 Å². The van der Waals surface area contributed by atoms with Crippen LogP contribution in [0, 0.1) is 11.3 Å². The molecular weight excluding hydrogens is 230 g/mol. The monoisotopic (exact) mass is 245 g/mol. The zero-order valence-corrected chi connectivity index (χ0v) is 9.98. The van der Waals surface area contributed by atoms with Gasteiger partial charge in [0.25, 0.3) is 0 Å². The molecule has 0 radical (unpaired) electrons. The number of nitriles is 1. The third kappa shape index (κ3) is 5.12. The van der Waals surface area contributed by atoms with E-state index in [1.807, 2.05) is 30.3 Å². The zero-order chi connectivity index (χ0) is 13.2. The van der Waals surface area contributed by atoms with E-state index in [-0.39, 0.29) is 6.54 Å². The standard InChI is InChI=1S/C13H15N3O2/c14-8-10-16-13(18)12(17)15-9-4-7-11-5-2-1-3-6-11/h1-3,5-6H,4,7,9-10H2,(H,15,17)(H,16,18). The van der Waals surface area contributed by atoms with E-state index in [1.165, 1.54) is 5.56 Å². The molecule has 1 rings (SSSR count). The lowest BCUT2D eigenvalue weighted by molar-refractivity contribution is -0.139. The summed E-state index contributed by atoms with van der Waals surface area (Å²) in [5.74, 6) is -1.46. The van der Waals surface area contributed by atoms with Gasteiger partial charge in [0.05, 0.1) is 6.07 Å². The number of hydrogen-bond donors (Lipinski definition) is 2. The molecule has 2 N–H and O–H groups in total. The molecule has 18 heavy (non-hydrogen) atoms. The van der Waals surface area contributed by atoms with E-state index in [0.717, 1.165) is 12.8 Å². The Morgan fingerprint density at radius 2 is 1.78 bits per heavy atom. The minimum absolute atomic E-state index is 0.156. The Bertz CT molecular complexity index is 437. The molecule has 1 aromatic rings. The Kier molecular flexibility index (Phi) is 5.98. The molecule has 94 valence electrons. The highest BCUT2D eigenvalue weighted by Gasteiger charge is 2.11. The highest BCUT2D eigenvalue weighted by molar-refractivity contribution is 6.35. The van der Waals surface area contributed by atoms with Gasteiger partial charge in [-0.3, -0.25) is 9.59 Å². The topological polar surface area (TPSA) is 82.0 Å². The maximum absolute atomic E-state index is 11.2. The molecule has 0 saturated heterocycles. The van der Waals surface area contributed by atoms with Crippen LogP contribution in [0.5, 0.6) is 0 Å². The average molecular weight is 245 g/mol. The number of amides is 2. The van der Waals surface area contributed by atoms with Crippen molar-refractivity contribution in [1.82, 2.24) is 10.6 Å². The minimum atomic E-state index is -0.767. The zero-order valence-electron chi connectivity index (χ0n) is 9.98. The van der Waals surface area contributed by atoms with Crippen molar-refractivity contribution in [1.29, 1.82) is 5.26 Å². The first-order chi connectivity index (χ1) is 8.74. The Hall–Kier alpha value is -2.35. The van der Waals surface area contributed by atoms with Crippen LogP contribution in [-0.2, 0) is 16.0 Å². The fourth-order valence-corrected chi connectivity index (χ4v) is 1.42. The van der Waals surface area contributed by atoms with Crippen LogP contribution in [0.25, 0.3) is 0 Å². The minimum Gasteiger partial charge on any atom is -0.348 e. The second-order valence-corrected chi connectivity index (χ2v) is 3.69. The van der Waals surface area contributed by atoms with Gasteiger partial charge in [-0.1, -0.05) is 30.3 Å². The Labute approximate surface area is 106 Å². The molecule has 0 unspecified atom stereocenters. The van der Waals surface area contributed by atoms with Gasteiger partial charge in [0, 0.05) is 6.54 Å². The van der Waals surface area contributed by atoms with Gasteiger partial charge < -0.3 is 10.6 Å². The van der Waals surface area contributed by atoms with Gasteiger partial charge in [0.1, 0.15) is 6.54 Å². The van der Waals surface area contributed by atoms with E-state index in [0.29, 0.717) is 6.54 Å². The van der Waals surface area contributed by atoms with Gasteiger partial charge in [-0.2, -0.15) is 5.26 Å². The summed E-state index contributed by atoms with van der Waals surface area (Å²) in [5, 5.41) is 12.9. The van der Waals surface area contributed by atoms with Gasteiger partial charge >= 0.3 is 11.8 Å². The molecule has 0 atom stereocenters. The molecule has 5 heteroatoms. The van der Waals surface area contributed by atoms with Crippen LogP contribution >= 0.6 is 0 Å². The summed E-state index contributed by atoms with van der Waals surface area (Å²) in [4.78, 5) is 22.3. The fraction of sp³-hybridized carbons (Fsp3) is 0.308. The number of nitrogens with zero attached hydrogens (tertiary/aromatic N) is 1. The predicted octanol–water partition coefficient (Wildman–Crippen LogP) is 0.375. The third-order valence-corrected chi connectivity index (χ3v) is 2.30. The molecule has 0 fully saturated rings. The van der Waals surface area contributed by atoms with Gasteiger partial charge in [-0.15, -0.1) is 0 Å². The van der Waals surface area contributed by atoms with E-state index in [9.17, 15) is 9.59 Å². The summed E-state index contributed by atoms with van der Waals surface area (Å²) >= 11 is 0. The molecule has 0 bridgehead atoms. The van der Waals surface area contributed by atoms with Crippen molar-refractivity contribution in [2.45, 2.75) is 12.8 Å². The quantitative estimate of drug-likeness (QED) is 0.447. The second kappa shape index (κ2) is 7.85. The number of benzene rings is 1. The van der Waals surface area contributed by atoms with Gasteiger partial charge in [-0.25, -0.2) is 0 Å². The van der Waals surface area contributed by atoms with Gasteiger partial charge in [-0.05, 0) is 18.4 Å². The van der Waals surface area contributed by atoms with Crippen LogP contribution in [0.3, 0.4) is 0 Å². The number of rotatable bonds is 5. The Balaban J connectivity index is 2.16. The maximum Gasteiger partial charge on any atom is 0.310 e. The molecule has 0 aromatic heterocycles. The molecule has 0 heterocycles. The van der Waals surface area contributed by atoms with Gasteiger partial charge in [0.2, 0.25) is 0 Å². The molecule has 0 aliphatic carbocycles. The SMILES string of the molecule is N#CCNC(=O)C(=O)NCCCc1ccccc1. The van der Waals surface area contributed by atoms with Crippen LogP contribution in [0.2, 0.25) is 0 Å². The van der Waals surface area contributed by atoms with Crippen molar-refractivity contribution in [3.8, 4) is 6.07 Å². The smallest absolute Gasteiger partial charge is 0.310 e. The largest absolute Gasteiger partial charge is 0.348 e. The van der Waals surface area contributed by atoms with Crippen molar-refractivity contribution < 1.29 is 9.59 Å². The summed E-state index contributed by atoms with van der Waals surface area (Å²) in [6.07, 6.45) is 1.61. The summed E-state index contributed by atoms with van der Waals surface area (Å²) < 4.78 is 0. The highest BCUT2D eigenvalue weighted by atomic mass is 16.2. The van der Waals surface area contributed by atoms with E-state index in [1.54, 1.807) is 6.07 Å². The molecular formula is C13H15N3O2. The maximum atomic E-state index is 11.2. The summed E-state index contributed by atoms with van der Waals surface area (Å²) in [7, 11) is 0. The second-order valence-electron chi connectivity index (χ2n) is 3.69. The number of hydrogen-bond acceptors (Lipinski definition) is 3. The first kappa shape index (κ1) is 13.7.